The minimum atomic E-state index is 0.0413. The molecule has 5 nitrogen and oxygen atoms in total. The minimum absolute atomic E-state index is 0.0413. The largest absolute Gasteiger partial charge is 0.497 e. The van der Waals surface area contributed by atoms with Crippen LogP contribution in [0.15, 0.2) is 48.5 Å². The second-order valence-electron chi connectivity index (χ2n) is 7.13. The number of likely N-dealkylation sites (tertiary alicyclic amines) is 1. The lowest BCUT2D eigenvalue weighted by molar-refractivity contribution is -0.117. The van der Waals surface area contributed by atoms with E-state index in [2.05, 4.69) is 6.07 Å². The van der Waals surface area contributed by atoms with Crippen LogP contribution < -0.4 is 9.64 Å². The molecule has 0 bridgehead atoms. The first-order chi connectivity index (χ1) is 13.2. The van der Waals surface area contributed by atoms with Crippen molar-refractivity contribution < 1.29 is 14.3 Å². The van der Waals surface area contributed by atoms with E-state index in [0.717, 1.165) is 49.4 Å². The maximum atomic E-state index is 13.1. The Labute approximate surface area is 159 Å². The number of hydrogen-bond acceptors (Lipinski definition) is 3. The van der Waals surface area contributed by atoms with Gasteiger partial charge in [0.2, 0.25) is 5.91 Å². The zero-order chi connectivity index (χ0) is 18.8. The highest BCUT2D eigenvalue weighted by atomic mass is 16.5. The van der Waals surface area contributed by atoms with Gasteiger partial charge < -0.3 is 14.5 Å². The van der Waals surface area contributed by atoms with Crippen molar-refractivity contribution >= 4 is 17.5 Å². The molecule has 2 heterocycles. The predicted molar refractivity (Wildman–Crippen MR) is 104 cm³/mol. The molecule has 5 heteroatoms. The summed E-state index contributed by atoms with van der Waals surface area (Å²) < 4.78 is 5.33. The predicted octanol–water partition coefficient (Wildman–Crippen LogP) is 3.80. The zero-order valence-electron chi connectivity index (χ0n) is 15.6. The molecule has 140 valence electrons. The van der Waals surface area contributed by atoms with Gasteiger partial charge >= 0.3 is 0 Å². The van der Waals surface area contributed by atoms with Crippen molar-refractivity contribution in [1.82, 2.24) is 4.90 Å². The number of methoxy groups -OCH3 is 1. The lowest BCUT2D eigenvalue weighted by Gasteiger charge is -2.26. The van der Waals surface area contributed by atoms with Gasteiger partial charge in [-0.2, -0.15) is 0 Å². The van der Waals surface area contributed by atoms with Gasteiger partial charge in [-0.1, -0.05) is 12.1 Å². The molecular formula is C22H24N2O3. The second kappa shape index (κ2) is 7.43. The standard InChI is InChI=1S/C22H24N2O3/c1-27-19-6-2-5-17(15-19)20-7-3-14-24(20)22(26)16-9-11-18(12-10-16)23-13-4-8-21(23)25/h2,5-6,9-12,15,20H,3-4,7-8,13-14H2,1H3. The average molecular weight is 364 g/mol. The molecule has 27 heavy (non-hydrogen) atoms. The monoisotopic (exact) mass is 364 g/mol. The summed E-state index contributed by atoms with van der Waals surface area (Å²) in [6.07, 6.45) is 3.46. The van der Waals surface area contributed by atoms with Crippen molar-refractivity contribution in [2.24, 2.45) is 0 Å². The van der Waals surface area contributed by atoms with Crippen LogP contribution in [-0.4, -0.2) is 36.9 Å². The number of hydrogen-bond donors (Lipinski definition) is 0. The van der Waals surface area contributed by atoms with E-state index in [0.29, 0.717) is 12.0 Å². The quantitative estimate of drug-likeness (QED) is 0.829. The molecule has 2 aromatic carbocycles. The number of carbonyl (C=O) groups is 2. The molecule has 1 unspecified atom stereocenters. The van der Waals surface area contributed by atoms with E-state index in [1.807, 2.05) is 47.4 Å². The zero-order valence-corrected chi connectivity index (χ0v) is 15.6. The van der Waals surface area contributed by atoms with Crippen molar-refractivity contribution in [1.29, 1.82) is 0 Å². The number of ether oxygens (including phenoxy) is 1. The van der Waals surface area contributed by atoms with Gasteiger partial charge in [0.1, 0.15) is 5.75 Å². The van der Waals surface area contributed by atoms with Crippen LogP contribution in [0.5, 0.6) is 5.75 Å². The highest BCUT2D eigenvalue weighted by Crippen LogP contribution is 2.34. The Morgan fingerprint density at radius 1 is 1.07 bits per heavy atom. The minimum Gasteiger partial charge on any atom is -0.497 e. The van der Waals surface area contributed by atoms with Gasteiger partial charge in [-0.3, -0.25) is 9.59 Å². The summed E-state index contributed by atoms with van der Waals surface area (Å²) in [7, 11) is 1.66. The average Bonchev–Trinajstić information content (AvgIpc) is 3.37. The lowest BCUT2D eigenvalue weighted by Crippen LogP contribution is -2.30. The third-order valence-electron chi connectivity index (χ3n) is 5.49. The number of benzene rings is 2. The van der Waals surface area contributed by atoms with Gasteiger partial charge in [0.15, 0.2) is 0 Å². The fourth-order valence-corrected chi connectivity index (χ4v) is 4.08. The number of nitrogens with zero attached hydrogens (tertiary/aromatic N) is 2. The van der Waals surface area contributed by atoms with E-state index in [4.69, 9.17) is 4.74 Å². The van der Waals surface area contributed by atoms with E-state index in [1.54, 1.807) is 12.0 Å². The summed E-state index contributed by atoms with van der Waals surface area (Å²) in [5, 5.41) is 0. The fourth-order valence-electron chi connectivity index (χ4n) is 4.08. The van der Waals surface area contributed by atoms with Crippen LogP contribution in [0.3, 0.4) is 0 Å². The van der Waals surface area contributed by atoms with Gasteiger partial charge in [0.05, 0.1) is 13.2 Å². The van der Waals surface area contributed by atoms with E-state index in [-0.39, 0.29) is 17.9 Å². The molecule has 0 aliphatic carbocycles. The van der Waals surface area contributed by atoms with Crippen LogP contribution in [0.25, 0.3) is 0 Å². The Morgan fingerprint density at radius 3 is 2.59 bits per heavy atom. The molecule has 2 aliphatic rings. The first kappa shape index (κ1) is 17.6. The lowest BCUT2D eigenvalue weighted by atomic mass is 10.0. The summed E-state index contributed by atoms with van der Waals surface area (Å²) in [6.45, 7) is 1.52. The van der Waals surface area contributed by atoms with E-state index < -0.39 is 0 Å². The van der Waals surface area contributed by atoms with E-state index in [1.165, 1.54) is 0 Å². The SMILES string of the molecule is COc1cccc(C2CCCN2C(=O)c2ccc(N3CCCC3=O)cc2)c1. The summed E-state index contributed by atoms with van der Waals surface area (Å²) >= 11 is 0. The summed E-state index contributed by atoms with van der Waals surface area (Å²) in [5.74, 6) is 1.01. The Bertz CT molecular complexity index is 847. The summed E-state index contributed by atoms with van der Waals surface area (Å²) in [5.41, 5.74) is 2.65. The Balaban J connectivity index is 1.53. The van der Waals surface area contributed by atoms with Crippen molar-refractivity contribution in [2.45, 2.75) is 31.7 Å². The molecule has 0 radical (unpaired) electrons. The van der Waals surface area contributed by atoms with Crippen LogP contribution in [-0.2, 0) is 4.79 Å². The molecule has 0 N–H and O–H groups in total. The van der Waals surface area contributed by atoms with Crippen molar-refractivity contribution in [2.75, 3.05) is 25.1 Å². The molecule has 2 saturated heterocycles. The van der Waals surface area contributed by atoms with E-state index in [9.17, 15) is 9.59 Å². The maximum Gasteiger partial charge on any atom is 0.254 e. The molecule has 0 aromatic heterocycles. The normalized spacial score (nSPS) is 19.6. The maximum absolute atomic E-state index is 13.1. The van der Waals surface area contributed by atoms with Gasteiger partial charge in [0.25, 0.3) is 5.91 Å². The van der Waals surface area contributed by atoms with Gasteiger partial charge in [0, 0.05) is 30.8 Å². The van der Waals surface area contributed by atoms with Crippen LogP contribution in [0.2, 0.25) is 0 Å². The number of rotatable bonds is 4. The smallest absolute Gasteiger partial charge is 0.254 e. The summed E-state index contributed by atoms with van der Waals surface area (Å²) in [6, 6.07) is 15.5. The highest BCUT2D eigenvalue weighted by molar-refractivity contribution is 5.97. The van der Waals surface area contributed by atoms with Gasteiger partial charge in [-0.15, -0.1) is 0 Å². The van der Waals surface area contributed by atoms with Crippen molar-refractivity contribution in [3.63, 3.8) is 0 Å². The molecule has 2 fully saturated rings. The van der Waals surface area contributed by atoms with Crippen LogP contribution in [0.4, 0.5) is 5.69 Å². The first-order valence-electron chi connectivity index (χ1n) is 9.53. The molecule has 2 aromatic rings. The van der Waals surface area contributed by atoms with E-state index >= 15 is 0 Å². The molecule has 2 amide bonds. The highest BCUT2D eigenvalue weighted by Gasteiger charge is 2.31. The van der Waals surface area contributed by atoms with Crippen LogP contribution in [0.1, 0.15) is 47.6 Å². The Morgan fingerprint density at radius 2 is 1.89 bits per heavy atom. The molecule has 0 spiro atoms. The third-order valence-corrected chi connectivity index (χ3v) is 5.49. The van der Waals surface area contributed by atoms with Gasteiger partial charge in [-0.05, 0) is 61.2 Å². The Hall–Kier alpha value is -2.82. The fraction of sp³-hybridized carbons (Fsp3) is 0.364. The van der Waals surface area contributed by atoms with Crippen LogP contribution in [0, 0.1) is 0 Å². The second-order valence-corrected chi connectivity index (χ2v) is 7.13. The Kier molecular flexibility index (Phi) is 4.84. The number of anilines is 1. The van der Waals surface area contributed by atoms with Crippen molar-refractivity contribution in [3.8, 4) is 5.75 Å². The molecular weight excluding hydrogens is 340 g/mol. The summed E-state index contributed by atoms with van der Waals surface area (Å²) in [4.78, 5) is 28.7. The van der Waals surface area contributed by atoms with Crippen molar-refractivity contribution in [3.05, 3.63) is 59.7 Å². The number of carbonyl (C=O) groups excluding carboxylic acids is 2. The van der Waals surface area contributed by atoms with Gasteiger partial charge in [-0.25, -0.2) is 0 Å². The molecule has 2 aliphatic heterocycles. The third kappa shape index (κ3) is 3.42. The first-order valence-corrected chi connectivity index (χ1v) is 9.53. The molecule has 4 rings (SSSR count). The molecule has 0 saturated carbocycles. The molecule has 1 atom stereocenters. The number of amides is 2. The van der Waals surface area contributed by atoms with Crippen LogP contribution >= 0.6 is 0 Å². The topological polar surface area (TPSA) is 49.9 Å².